The number of nitrogens with one attached hydrogen (secondary N) is 1. The van der Waals surface area contributed by atoms with Gasteiger partial charge in [0.05, 0.1) is 13.2 Å². The average Bonchev–Trinajstić information content (AvgIpc) is 2.72. The molecule has 4 heteroatoms. The molecular formula is C24H33NO3. The van der Waals surface area contributed by atoms with Gasteiger partial charge in [-0.25, -0.2) is 0 Å². The van der Waals surface area contributed by atoms with Crippen LogP contribution in [-0.2, 0) is 0 Å². The smallest absolute Gasteiger partial charge is 0.255 e. The fourth-order valence-corrected chi connectivity index (χ4v) is 2.79. The Kier molecular flexibility index (Phi) is 9.98. The molecule has 0 unspecified atom stereocenters. The summed E-state index contributed by atoms with van der Waals surface area (Å²) < 4.78 is 11.4. The van der Waals surface area contributed by atoms with Crippen molar-refractivity contribution in [2.75, 3.05) is 18.5 Å². The Hall–Kier alpha value is -2.49. The van der Waals surface area contributed by atoms with Crippen LogP contribution < -0.4 is 14.8 Å². The third kappa shape index (κ3) is 8.03. The summed E-state index contributed by atoms with van der Waals surface area (Å²) in [6.45, 7) is 5.74. The van der Waals surface area contributed by atoms with Gasteiger partial charge in [-0.15, -0.1) is 0 Å². The Morgan fingerprint density at radius 1 is 0.786 bits per heavy atom. The van der Waals surface area contributed by atoms with Crippen molar-refractivity contribution < 1.29 is 14.3 Å². The van der Waals surface area contributed by atoms with Gasteiger partial charge in [-0.1, -0.05) is 52.0 Å². The van der Waals surface area contributed by atoms with Crippen molar-refractivity contribution >= 4 is 11.6 Å². The zero-order chi connectivity index (χ0) is 20.0. The average molecular weight is 384 g/mol. The van der Waals surface area contributed by atoms with Gasteiger partial charge in [0.1, 0.15) is 11.5 Å². The van der Waals surface area contributed by atoms with Crippen LogP contribution in [0, 0.1) is 0 Å². The Bertz CT molecular complexity index is 697. The third-order valence-corrected chi connectivity index (χ3v) is 4.49. The summed E-state index contributed by atoms with van der Waals surface area (Å²) in [7, 11) is 0. The molecule has 0 atom stereocenters. The maximum absolute atomic E-state index is 12.5. The van der Waals surface area contributed by atoms with Crippen molar-refractivity contribution in [3.8, 4) is 11.5 Å². The minimum Gasteiger partial charge on any atom is -0.494 e. The Labute approximate surface area is 169 Å². The predicted octanol–water partition coefficient (Wildman–Crippen LogP) is 6.47. The van der Waals surface area contributed by atoms with Gasteiger partial charge in [0.25, 0.3) is 5.91 Å². The second-order valence-electron chi connectivity index (χ2n) is 6.97. The van der Waals surface area contributed by atoms with Gasteiger partial charge in [0.2, 0.25) is 0 Å². The minimum absolute atomic E-state index is 0.148. The Morgan fingerprint density at radius 2 is 1.46 bits per heavy atom. The lowest BCUT2D eigenvalue weighted by atomic mass is 10.2. The van der Waals surface area contributed by atoms with E-state index in [4.69, 9.17) is 9.47 Å². The molecule has 0 saturated heterocycles. The second-order valence-corrected chi connectivity index (χ2v) is 6.97. The molecule has 0 saturated carbocycles. The van der Waals surface area contributed by atoms with Gasteiger partial charge in [0.15, 0.2) is 0 Å². The quantitative estimate of drug-likeness (QED) is 0.403. The summed E-state index contributed by atoms with van der Waals surface area (Å²) in [6, 6.07) is 14.8. The number of hydrogen-bond donors (Lipinski definition) is 1. The lowest BCUT2D eigenvalue weighted by Crippen LogP contribution is -2.12. The van der Waals surface area contributed by atoms with Gasteiger partial charge in [-0.2, -0.15) is 0 Å². The van der Waals surface area contributed by atoms with Crippen LogP contribution in [0.15, 0.2) is 48.5 Å². The van der Waals surface area contributed by atoms with Gasteiger partial charge in [-0.3, -0.25) is 4.79 Å². The molecule has 0 fully saturated rings. The number of amides is 1. The molecule has 28 heavy (non-hydrogen) atoms. The summed E-state index contributed by atoms with van der Waals surface area (Å²) in [6.07, 6.45) is 8.20. The van der Waals surface area contributed by atoms with Crippen molar-refractivity contribution in [1.29, 1.82) is 0 Å². The van der Waals surface area contributed by atoms with E-state index in [0.717, 1.165) is 43.1 Å². The highest BCUT2D eigenvalue weighted by atomic mass is 16.5. The van der Waals surface area contributed by atoms with Gasteiger partial charge < -0.3 is 14.8 Å². The Morgan fingerprint density at radius 3 is 2.21 bits per heavy atom. The van der Waals surface area contributed by atoms with Crippen LogP contribution in [0.5, 0.6) is 11.5 Å². The van der Waals surface area contributed by atoms with Crippen LogP contribution in [0.2, 0.25) is 0 Å². The molecule has 1 N–H and O–H groups in total. The SMILES string of the molecule is CCCCCCCOc1ccc(NC(=O)c2cccc(OCCCC)c2)cc1. The highest BCUT2D eigenvalue weighted by Crippen LogP contribution is 2.19. The van der Waals surface area contributed by atoms with Crippen molar-refractivity contribution in [2.24, 2.45) is 0 Å². The maximum Gasteiger partial charge on any atom is 0.255 e. The van der Waals surface area contributed by atoms with Crippen LogP contribution in [0.3, 0.4) is 0 Å². The molecule has 0 heterocycles. The topological polar surface area (TPSA) is 47.6 Å². The van der Waals surface area contributed by atoms with Crippen molar-refractivity contribution in [3.63, 3.8) is 0 Å². The molecule has 4 nitrogen and oxygen atoms in total. The van der Waals surface area contributed by atoms with Gasteiger partial charge in [-0.05, 0) is 55.3 Å². The molecule has 0 aliphatic heterocycles. The largest absolute Gasteiger partial charge is 0.494 e. The first kappa shape index (κ1) is 21.8. The van der Waals surface area contributed by atoms with E-state index in [1.807, 2.05) is 36.4 Å². The molecule has 0 aromatic heterocycles. The fraction of sp³-hybridized carbons (Fsp3) is 0.458. The summed E-state index contributed by atoms with van der Waals surface area (Å²) in [5, 5.41) is 2.92. The van der Waals surface area contributed by atoms with Crippen LogP contribution in [-0.4, -0.2) is 19.1 Å². The minimum atomic E-state index is -0.148. The van der Waals surface area contributed by atoms with Crippen molar-refractivity contribution in [2.45, 2.75) is 58.8 Å². The number of benzene rings is 2. The molecule has 0 aliphatic carbocycles. The zero-order valence-electron chi connectivity index (χ0n) is 17.2. The standard InChI is InChI=1S/C24H33NO3/c1-3-5-7-8-9-18-27-22-15-13-21(14-16-22)25-24(26)20-11-10-12-23(19-20)28-17-6-4-2/h10-16,19H,3-9,17-18H2,1-2H3,(H,25,26). The molecule has 2 rings (SSSR count). The number of carbonyl (C=O) groups excluding carboxylic acids is 1. The first-order valence-electron chi connectivity index (χ1n) is 10.5. The summed E-state index contributed by atoms with van der Waals surface area (Å²) in [4.78, 5) is 12.5. The number of anilines is 1. The van der Waals surface area contributed by atoms with Gasteiger partial charge >= 0.3 is 0 Å². The van der Waals surface area contributed by atoms with E-state index in [1.54, 1.807) is 12.1 Å². The molecule has 152 valence electrons. The Balaban J connectivity index is 1.80. The highest BCUT2D eigenvalue weighted by Gasteiger charge is 2.07. The molecule has 2 aromatic rings. The fourth-order valence-electron chi connectivity index (χ4n) is 2.79. The molecule has 1 amide bonds. The molecule has 0 aliphatic rings. The third-order valence-electron chi connectivity index (χ3n) is 4.49. The predicted molar refractivity (Wildman–Crippen MR) is 115 cm³/mol. The summed E-state index contributed by atoms with van der Waals surface area (Å²) in [5.74, 6) is 1.41. The monoisotopic (exact) mass is 383 g/mol. The van der Waals surface area contributed by atoms with Crippen molar-refractivity contribution in [3.05, 3.63) is 54.1 Å². The highest BCUT2D eigenvalue weighted by molar-refractivity contribution is 6.04. The van der Waals surface area contributed by atoms with E-state index in [-0.39, 0.29) is 5.91 Å². The van der Waals surface area contributed by atoms with E-state index in [2.05, 4.69) is 19.2 Å². The lowest BCUT2D eigenvalue weighted by molar-refractivity contribution is 0.102. The normalized spacial score (nSPS) is 10.5. The number of rotatable bonds is 13. The lowest BCUT2D eigenvalue weighted by Gasteiger charge is -2.10. The van der Waals surface area contributed by atoms with E-state index in [9.17, 15) is 4.79 Å². The van der Waals surface area contributed by atoms with Crippen LogP contribution in [0.25, 0.3) is 0 Å². The maximum atomic E-state index is 12.5. The second kappa shape index (κ2) is 12.8. The molecular weight excluding hydrogens is 350 g/mol. The van der Waals surface area contributed by atoms with E-state index in [0.29, 0.717) is 12.2 Å². The number of unbranched alkanes of at least 4 members (excludes halogenated alkanes) is 5. The van der Waals surface area contributed by atoms with E-state index < -0.39 is 0 Å². The van der Waals surface area contributed by atoms with Gasteiger partial charge in [0, 0.05) is 11.3 Å². The molecule has 2 aromatic carbocycles. The first-order valence-corrected chi connectivity index (χ1v) is 10.5. The van der Waals surface area contributed by atoms with Crippen LogP contribution in [0.1, 0.15) is 69.2 Å². The van der Waals surface area contributed by atoms with E-state index >= 15 is 0 Å². The molecule has 0 radical (unpaired) electrons. The van der Waals surface area contributed by atoms with Crippen molar-refractivity contribution in [1.82, 2.24) is 0 Å². The number of ether oxygens (including phenoxy) is 2. The van der Waals surface area contributed by atoms with Crippen LogP contribution in [0.4, 0.5) is 5.69 Å². The molecule has 0 spiro atoms. The summed E-state index contributed by atoms with van der Waals surface area (Å²) in [5.41, 5.74) is 1.33. The summed E-state index contributed by atoms with van der Waals surface area (Å²) >= 11 is 0. The first-order chi connectivity index (χ1) is 13.7. The number of hydrogen-bond acceptors (Lipinski definition) is 3. The van der Waals surface area contributed by atoms with E-state index in [1.165, 1.54) is 25.7 Å². The number of carbonyl (C=O) groups is 1. The van der Waals surface area contributed by atoms with Crippen LogP contribution >= 0.6 is 0 Å². The zero-order valence-corrected chi connectivity index (χ0v) is 17.2. The molecule has 0 bridgehead atoms.